The number of rotatable bonds is 6. The molecule has 1 aliphatic heterocycles. The number of nitrogens with one attached hydrogen (secondary N) is 1. The Kier molecular flexibility index (Phi) is 6.13. The molecule has 4 rings (SSSR count). The molecule has 0 saturated heterocycles. The number of benzene rings is 3. The van der Waals surface area contributed by atoms with E-state index in [1.165, 1.54) is 0 Å². The molecule has 1 aliphatic rings. The Morgan fingerprint density at radius 1 is 0.900 bits per heavy atom. The molecule has 1 atom stereocenters. The van der Waals surface area contributed by atoms with Crippen LogP contribution in [0.1, 0.15) is 35.9 Å². The summed E-state index contributed by atoms with van der Waals surface area (Å²) in [7, 11) is 0. The lowest BCUT2D eigenvalue weighted by Crippen LogP contribution is -2.43. The van der Waals surface area contributed by atoms with Gasteiger partial charge in [0.1, 0.15) is 17.7 Å². The van der Waals surface area contributed by atoms with Gasteiger partial charge in [0.15, 0.2) is 0 Å². The SMILES string of the molecule is CCOc1ccc([C@H]2Nc3ccc(I)cc3C(=O)N2c2ccc(OCC)cc2)cc1. The zero-order valence-electron chi connectivity index (χ0n) is 16.9. The van der Waals surface area contributed by atoms with Gasteiger partial charge < -0.3 is 14.8 Å². The molecule has 3 aromatic rings. The number of hydrogen-bond acceptors (Lipinski definition) is 4. The highest BCUT2D eigenvalue weighted by Gasteiger charge is 2.34. The van der Waals surface area contributed by atoms with Gasteiger partial charge in [0.05, 0.1) is 18.8 Å². The van der Waals surface area contributed by atoms with Crippen molar-refractivity contribution in [3.05, 3.63) is 81.4 Å². The van der Waals surface area contributed by atoms with Crippen molar-refractivity contribution in [1.29, 1.82) is 0 Å². The number of hydrogen-bond donors (Lipinski definition) is 1. The second-order valence-corrected chi connectivity index (χ2v) is 8.09. The van der Waals surface area contributed by atoms with Crippen molar-refractivity contribution in [3.8, 4) is 11.5 Å². The molecular formula is C24H23IN2O3. The summed E-state index contributed by atoms with van der Waals surface area (Å²) in [5.74, 6) is 1.56. The number of fused-ring (bicyclic) bond motifs is 1. The van der Waals surface area contributed by atoms with E-state index in [1.54, 1.807) is 4.90 Å². The monoisotopic (exact) mass is 514 g/mol. The van der Waals surface area contributed by atoms with Gasteiger partial charge in [-0.05, 0) is 96.6 Å². The van der Waals surface area contributed by atoms with Crippen molar-refractivity contribution in [2.75, 3.05) is 23.4 Å². The van der Waals surface area contributed by atoms with Gasteiger partial charge in [-0.2, -0.15) is 0 Å². The van der Waals surface area contributed by atoms with E-state index < -0.39 is 0 Å². The average Bonchev–Trinajstić information content (AvgIpc) is 2.76. The molecule has 1 heterocycles. The van der Waals surface area contributed by atoms with Crippen LogP contribution >= 0.6 is 22.6 Å². The zero-order chi connectivity index (χ0) is 21.1. The quantitative estimate of drug-likeness (QED) is 0.419. The highest BCUT2D eigenvalue weighted by molar-refractivity contribution is 14.1. The largest absolute Gasteiger partial charge is 0.494 e. The minimum Gasteiger partial charge on any atom is -0.494 e. The molecule has 0 aromatic heterocycles. The number of amides is 1. The zero-order valence-corrected chi connectivity index (χ0v) is 19.0. The molecule has 3 aromatic carbocycles. The van der Waals surface area contributed by atoms with E-state index in [4.69, 9.17) is 9.47 Å². The maximum atomic E-state index is 13.6. The Morgan fingerprint density at radius 2 is 1.50 bits per heavy atom. The first-order valence-corrected chi connectivity index (χ1v) is 11.0. The molecule has 6 heteroatoms. The molecule has 0 radical (unpaired) electrons. The minimum absolute atomic E-state index is 0.0367. The first-order valence-electron chi connectivity index (χ1n) is 9.96. The van der Waals surface area contributed by atoms with Crippen LogP contribution in [0.3, 0.4) is 0 Å². The molecule has 1 N–H and O–H groups in total. The third-order valence-electron chi connectivity index (χ3n) is 4.91. The van der Waals surface area contributed by atoms with Crippen LogP contribution in [0.25, 0.3) is 0 Å². The van der Waals surface area contributed by atoms with Crippen LogP contribution < -0.4 is 19.7 Å². The van der Waals surface area contributed by atoms with E-state index in [0.29, 0.717) is 18.8 Å². The number of halogens is 1. The highest BCUT2D eigenvalue weighted by Crippen LogP contribution is 2.38. The predicted octanol–water partition coefficient (Wildman–Crippen LogP) is 5.86. The molecule has 1 amide bonds. The van der Waals surface area contributed by atoms with Gasteiger partial charge in [-0.15, -0.1) is 0 Å². The van der Waals surface area contributed by atoms with Gasteiger partial charge in [-0.1, -0.05) is 12.1 Å². The second kappa shape index (κ2) is 8.95. The van der Waals surface area contributed by atoms with E-state index in [-0.39, 0.29) is 12.1 Å². The standard InChI is InChI=1S/C24H23IN2O3/c1-3-29-19-10-5-16(6-11-19)23-26-22-14-7-17(25)15-21(22)24(28)27(23)18-8-12-20(13-9-18)30-4-2/h5-15,23,26H,3-4H2,1-2H3/t23-/m0/s1. The molecule has 0 unspecified atom stereocenters. The van der Waals surface area contributed by atoms with Gasteiger partial charge in [0, 0.05) is 14.9 Å². The highest BCUT2D eigenvalue weighted by atomic mass is 127. The third-order valence-corrected chi connectivity index (χ3v) is 5.58. The lowest BCUT2D eigenvalue weighted by atomic mass is 10.0. The van der Waals surface area contributed by atoms with Crippen LogP contribution in [0.2, 0.25) is 0 Å². The predicted molar refractivity (Wildman–Crippen MR) is 128 cm³/mol. The van der Waals surface area contributed by atoms with E-state index in [2.05, 4.69) is 27.9 Å². The summed E-state index contributed by atoms with van der Waals surface area (Å²) in [6.45, 7) is 5.13. The summed E-state index contributed by atoms with van der Waals surface area (Å²) >= 11 is 2.23. The van der Waals surface area contributed by atoms with Gasteiger partial charge in [-0.25, -0.2) is 0 Å². The molecule has 0 aliphatic carbocycles. The average molecular weight is 514 g/mol. The van der Waals surface area contributed by atoms with Gasteiger partial charge >= 0.3 is 0 Å². The number of carbonyl (C=O) groups is 1. The molecule has 5 nitrogen and oxygen atoms in total. The summed E-state index contributed by atoms with van der Waals surface area (Å²) in [5.41, 5.74) is 3.28. The van der Waals surface area contributed by atoms with Crippen molar-refractivity contribution >= 4 is 39.9 Å². The number of carbonyl (C=O) groups excluding carboxylic acids is 1. The van der Waals surface area contributed by atoms with Crippen molar-refractivity contribution in [1.82, 2.24) is 0 Å². The van der Waals surface area contributed by atoms with E-state index in [9.17, 15) is 4.79 Å². The fourth-order valence-electron chi connectivity index (χ4n) is 3.56. The van der Waals surface area contributed by atoms with Gasteiger partial charge in [0.2, 0.25) is 0 Å². The Labute approximate surface area is 190 Å². The van der Waals surface area contributed by atoms with E-state index in [0.717, 1.165) is 32.0 Å². The molecule has 30 heavy (non-hydrogen) atoms. The lowest BCUT2D eigenvalue weighted by molar-refractivity contribution is 0.0975. The Hall–Kier alpha value is -2.74. The van der Waals surface area contributed by atoms with E-state index in [1.807, 2.05) is 80.6 Å². The molecule has 0 fully saturated rings. The van der Waals surface area contributed by atoms with Gasteiger partial charge in [-0.3, -0.25) is 9.69 Å². The summed E-state index contributed by atoms with van der Waals surface area (Å²) in [5, 5.41) is 3.54. The van der Waals surface area contributed by atoms with Crippen LogP contribution in [-0.4, -0.2) is 19.1 Å². The lowest BCUT2D eigenvalue weighted by Gasteiger charge is -2.38. The third kappa shape index (κ3) is 4.09. The Bertz CT molecular complexity index is 1040. The fourth-order valence-corrected chi connectivity index (χ4v) is 4.05. The molecular weight excluding hydrogens is 491 g/mol. The summed E-state index contributed by atoms with van der Waals surface area (Å²) < 4.78 is 12.2. The van der Waals surface area contributed by atoms with Crippen molar-refractivity contribution < 1.29 is 14.3 Å². The topological polar surface area (TPSA) is 50.8 Å². The summed E-state index contributed by atoms with van der Waals surface area (Å²) in [6.07, 6.45) is -0.335. The van der Waals surface area contributed by atoms with Crippen molar-refractivity contribution in [2.45, 2.75) is 20.0 Å². The van der Waals surface area contributed by atoms with Crippen LogP contribution in [0.4, 0.5) is 11.4 Å². The number of nitrogens with zero attached hydrogens (tertiary/aromatic N) is 1. The molecule has 0 spiro atoms. The first-order chi connectivity index (χ1) is 14.6. The normalized spacial score (nSPS) is 15.4. The van der Waals surface area contributed by atoms with E-state index >= 15 is 0 Å². The number of anilines is 2. The second-order valence-electron chi connectivity index (χ2n) is 6.84. The fraction of sp³-hybridized carbons (Fsp3) is 0.208. The van der Waals surface area contributed by atoms with Crippen LogP contribution in [0.15, 0.2) is 66.7 Å². The van der Waals surface area contributed by atoms with Crippen molar-refractivity contribution in [2.24, 2.45) is 0 Å². The first kappa shape index (κ1) is 20.5. The smallest absolute Gasteiger partial charge is 0.262 e. The van der Waals surface area contributed by atoms with Crippen LogP contribution in [-0.2, 0) is 0 Å². The van der Waals surface area contributed by atoms with Crippen LogP contribution in [0, 0.1) is 3.57 Å². The summed E-state index contributed by atoms with van der Waals surface area (Å²) in [4.78, 5) is 15.4. The minimum atomic E-state index is -0.335. The molecule has 0 bridgehead atoms. The van der Waals surface area contributed by atoms with Crippen LogP contribution in [0.5, 0.6) is 11.5 Å². The summed E-state index contributed by atoms with van der Waals surface area (Å²) in [6, 6.07) is 21.4. The maximum Gasteiger partial charge on any atom is 0.262 e. The van der Waals surface area contributed by atoms with Crippen molar-refractivity contribution in [3.63, 3.8) is 0 Å². The molecule has 154 valence electrons. The Morgan fingerprint density at radius 3 is 2.10 bits per heavy atom. The molecule has 0 saturated carbocycles. The van der Waals surface area contributed by atoms with Gasteiger partial charge in [0.25, 0.3) is 5.91 Å². The number of ether oxygens (including phenoxy) is 2. The Balaban J connectivity index is 1.76. The maximum absolute atomic E-state index is 13.6.